The Hall–Kier alpha value is -1.70. The number of hydrogen-bond donors (Lipinski definition) is 6. The zero-order valence-corrected chi connectivity index (χ0v) is 14.4. The summed E-state index contributed by atoms with van der Waals surface area (Å²) in [4.78, 5) is 5.24. The van der Waals surface area contributed by atoms with Gasteiger partial charge in [-0.3, -0.25) is 0 Å². The summed E-state index contributed by atoms with van der Waals surface area (Å²) in [7, 11) is 0. The Kier molecular flexibility index (Phi) is 7.19. The number of hydrogen-bond acceptors (Lipinski definition) is 10. The van der Waals surface area contributed by atoms with Crippen LogP contribution in [0.4, 0.5) is 0 Å². The third-order valence-electron chi connectivity index (χ3n) is 4.78. The summed E-state index contributed by atoms with van der Waals surface area (Å²) < 4.78 is 11.0. The van der Waals surface area contributed by atoms with Gasteiger partial charge in [0.2, 0.25) is 0 Å². The predicted octanol–water partition coefficient (Wildman–Crippen LogP) is -1.99. The molecular weight excluding hydrogens is 366 g/mol. The summed E-state index contributed by atoms with van der Waals surface area (Å²) in [5.41, 5.74) is 23.2. The molecule has 0 aromatic heterocycles. The highest BCUT2D eigenvalue weighted by Gasteiger charge is 2.50. The zero-order chi connectivity index (χ0) is 20.3. The van der Waals surface area contributed by atoms with Gasteiger partial charge < -0.3 is 40.7 Å². The number of aliphatic hydroxyl groups is 5. The Balaban J connectivity index is 2.31. The molecule has 11 atom stereocenters. The summed E-state index contributed by atoms with van der Waals surface area (Å²) in [5.74, 6) is 0. The maximum atomic E-state index is 10.3. The van der Waals surface area contributed by atoms with Crippen LogP contribution in [0.3, 0.4) is 0 Å². The maximum absolute atomic E-state index is 10.3. The Labute approximate surface area is 153 Å². The monoisotopic (exact) mass is 389 g/mol. The Morgan fingerprint density at radius 3 is 2.26 bits per heavy atom. The number of nitrogens with zero attached hydrogens (tertiary/aromatic N) is 6. The standard InChI is InChI=1S/C13H23N7O7/c1-3(21)11-10(25)8(23)6(18-20-16)13(26-11)27-12-5(17-19-15)2-4(14)7(22)9(12)24/h3-13,21-25H,2,14H2,1H3/t3-,4-,5?,6?,7?,8?,9?,10+,11?,12-,13-/m1/s1. The van der Waals surface area contributed by atoms with Crippen molar-refractivity contribution in [2.75, 3.05) is 0 Å². The second-order valence-electron chi connectivity index (χ2n) is 6.64. The lowest BCUT2D eigenvalue weighted by atomic mass is 9.84. The highest BCUT2D eigenvalue weighted by molar-refractivity contribution is 5.01. The van der Waals surface area contributed by atoms with Crippen molar-refractivity contribution < 1.29 is 35.0 Å². The molecule has 2 fully saturated rings. The van der Waals surface area contributed by atoms with Gasteiger partial charge in [-0.1, -0.05) is 10.2 Å². The van der Waals surface area contributed by atoms with Crippen molar-refractivity contribution in [1.29, 1.82) is 0 Å². The van der Waals surface area contributed by atoms with Crippen molar-refractivity contribution in [3.63, 3.8) is 0 Å². The molecule has 7 N–H and O–H groups in total. The van der Waals surface area contributed by atoms with E-state index in [1.54, 1.807) is 0 Å². The van der Waals surface area contributed by atoms with Gasteiger partial charge in [0.15, 0.2) is 6.29 Å². The van der Waals surface area contributed by atoms with E-state index in [-0.39, 0.29) is 6.42 Å². The topological polar surface area (TPSA) is 243 Å². The first-order valence-electron chi connectivity index (χ1n) is 8.28. The van der Waals surface area contributed by atoms with Crippen molar-refractivity contribution in [3.8, 4) is 0 Å². The van der Waals surface area contributed by atoms with E-state index in [1.807, 2.05) is 0 Å². The van der Waals surface area contributed by atoms with Crippen molar-refractivity contribution in [2.45, 2.75) is 80.5 Å². The molecule has 0 aromatic carbocycles. The van der Waals surface area contributed by atoms with Gasteiger partial charge in [-0.25, -0.2) is 0 Å². The normalized spacial score (nSPS) is 46.0. The van der Waals surface area contributed by atoms with Crippen LogP contribution in [-0.4, -0.2) is 92.7 Å². The molecule has 2 aliphatic rings. The van der Waals surface area contributed by atoms with Crippen molar-refractivity contribution in [2.24, 2.45) is 16.0 Å². The van der Waals surface area contributed by atoms with Crippen LogP contribution in [-0.2, 0) is 9.47 Å². The lowest BCUT2D eigenvalue weighted by Crippen LogP contribution is -2.64. The van der Waals surface area contributed by atoms with E-state index in [2.05, 4.69) is 20.1 Å². The van der Waals surface area contributed by atoms with Crippen LogP contribution in [0.2, 0.25) is 0 Å². The van der Waals surface area contributed by atoms with Crippen molar-refractivity contribution in [3.05, 3.63) is 20.9 Å². The van der Waals surface area contributed by atoms with E-state index in [1.165, 1.54) is 6.92 Å². The smallest absolute Gasteiger partial charge is 0.169 e. The molecule has 6 unspecified atom stereocenters. The minimum atomic E-state index is -1.63. The lowest BCUT2D eigenvalue weighted by Gasteiger charge is -2.46. The molecule has 2 rings (SSSR count). The van der Waals surface area contributed by atoms with Crippen molar-refractivity contribution in [1.82, 2.24) is 0 Å². The summed E-state index contributed by atoms with van der Waals surface area (Å²) >= 11 is 0. The van der Waals surface area contributed by atoms with E-state index in [0.29, 0.717) is 0 Å². The Morgan fingerprint density at radius 1 is 1.07 bits per heavy atom. The summed E-state index contributed by atoms with van der Waals surface area (Å²) in [6, 6.07) is -3.27. The highest BCUT2D eigenvalue weighted by atomic mass is 16.7. The van der Waals surface area contributed by atoms with Gasteiger partial charge in [0, 0.05) is 15.9 Å². The molecule has 1 saturated carbocycles. The minimum Gasteiger partial charge on any atom is -0.391 e. The summed E-state index contributed by atoms with van der Waals surface area (Å²) in [5, 5.41) is 57.1. The fourth-order valence-corrected chi connectivity index (χ4v) is 3.30. The van der Waals surface area contributed by atoms with Gasteiger partial charge in [0.05, 0.1) is 30.5 Å². The summed E-state index contributed by atoms with van der Waals surface area (Å²) in [6.07, 6.45) is -11.4. The van der Waals surface area contributed by atoms with E-state index < -0.39 is 67.1 Å². The predicted molar refractivity (Wildman–Crippen MR) is 87.7 cm³/mol. The van der Waals surface area contributed by atoms with Crippen LogP contribution >= 0.6 is 0 Å². The molecule has 0 aromatic rings. The van der Waals surface area contributed by atoms with E-state index in [4.69, 9.17) is 26.3 Å². The molecule has 0 spiro atoms. The molecule has 1 aliphatic carbocycles. The second kappa shape index (κ2) is 8.99. The molecule has 0 amide bonds. The quantitative estimate of drug-likeness (QED) is 0.174. The van der Waals surface area contributed by atoms with Gasteiger partial charge in [0.25, 0.3) is 0 Å². The zero-order valence-electron chi connectivity index (χ0n) is 14.4. The maximum Gasteiger partial charge on any atom is 0.169 e. The SMILES string of the molecule is C[C@@H](O)C1O[C@H](O[C@@H]2C(N=[N+]=[N-])C[C@@H](N)C(O)C2O)C(N=[N+]=[N-])C(O)[C@@H]1O. The molecule has 0 radical (unpaired) electrons. The van der Waals surface area contributed by atoms with Gasteiger partial charge >= 0.3 is 0 Å². The molecular formula is C13H23N7O7. The number of nitrogens with two attached hydrogens (primary N) is 1. The van der Waals surface area contributed by atoms with Gasteiger partial charge in [-0.05, 0) is 24.4 Å². The second-order valence-corrected chi connectivity index (χ2v) is 6.64. The first-order valence-corrected chi connectivity index (χ1v) is 8.28. The van der Waals surface area contributed by atoms with E-state index in [9.17, 15) is 25.5 Å². The Morgan fingerprint density at radius 2 is 1.70 bits per heavy atom. The number of rotatable bonds is 5. The molecule has 14 nitrogen and oxygen atoms in total. The van der Waals surface area contributed by atoms with E-state index >= 15 is 0 Å². The first-order chi connectivity index (χ1) is 12.7. The van der Waals surface area contributed by atoms with Crippen molar-refractivity contribution >= 4 is 0 Å². The minimum absolute atomic E-state index is 0.00311. The van der Waals surface area contributed by atoms with Crippen LogP contribution in [0, 0.1) is 0 Å². The van der Waals surface area contributed by atoms with Gasteiger partial charge in [0.1, 0.15) is 24.4 Å². The van der Waals surface area contributed by atoms with Crippen LogP contribution in [0.15, 0.2) is 10.2 Å². The first kappa shape index (κ1) is 21.6. The molecule has 152 valence electrons. The lowest BCUT2D eigenvalue weighted by molar-refractivity contribution is -0.301. The third kappa shape index (κ3) is 4.42. The largest absolute Gasteiger partial charge is 0.391 e. The average Bonchev–Trinajstić information content (AvgIpc) is 2.62. The number of aliphatic hydroxyl groups excluding tert-OH is 5. The van der Waals surface area contributed by atoms with Crippen LogP contribution in [0.5, 0.6) is 0 Å². The Bertz CT molecular complexity index is 612. The average molecular weight is 389 g/mol. The molecule has 27 heavy (non-hydrogen) atoms. The number of azide groups is 2. The molecule has 1 aliphatic heterocycles. The van der Waals surface area contributed by atoms with Crippen LogP contribution in [0.1, 0.15) is 13.3 Å². The number of ether oxygens (including phenoxy) is 2. The van der Waals surface area contributed by atoms with Gasteiger partial charge in [-0.2, -0.15) is 0 Å². The summed E-state index contributed by atoms with van der Waals surface area (Å²) in [6.45, 7) is 1.31. The van der Waals surface area contributed by atoms with Crippen LogP contribution < -0.4 is 5.73 Å². The fraction of sp³-hybridized carbons (Fsp3) is 1.00. The van der Waals surface area contributed by atoms with Gasteiger partial charge in [-0.15, -0.1) is 0 Å². The third-order valence-corrected chi connectivity index (χ3v) is 4.78. The van der Waals surface area contributed by atoms with Crippen LogP contribution in [0.25, 0.3) is 20.9 Å². The fourth-order valence-electron chi connectivity index (χ4n) is 3.30. The molecule has 14 heteroatoms. The molecule has 0 bridgehead atoms. The highest BCUT2D eigenvalue weighted by Crippen LogP contribution is 2.31. The van der Waals surface area contributed by atoms with E-state index in [0.717, 1.165) is 0 Å². The molecule has 1 heterocycles. The molecule has 1 saturated heterocycles.